The SMILES string of the molecule is CCC(C)COc1ccc(C(=O)Oc2ccc(-c3ccc(OC(=O)C(Cl)C(C)C)cc3)cc2)cc1. The summed E-state index contributed by atoms with van der Waals surface area (Å²) in [6, 6.07) is 21.3. The summed E-state index contributed by atoms with van der Waals surface area (Å²) in [5.41, 5.74) is 2.32. The molecule has 5 nitrogen and oxygen atoms in total. The molecule has 0 aliphatic heterocycles. The number of carbonyl (C=O) groups excluding carboxylic acids is 2. The number of halogens is 1. The summed E-state index contributed by atoms with van der Waals surface area (Å²) in [6.45, 7) is 8.63. The fourth-order valence-corrected chi connectivity index (χ4v) is 3.13. The maximum absolute atomic E-state index is 12.5. The highest BCUT2D eigenvalue weighted by molar-refractivity contribution is 6.30. The Labute approximate surface area is 212 Å². The Morgan fingerprint density at radius 1 is 0.743 bits per heavy atom. The van der Waals surface area contributed by atoms with Crippen LogP contribution in [0.1, 0.15) is 44.5 Å². The largest absolute Gasteiger partial charge is 0.493 e. The molecule has 0 saturated carbocycles. The summed E-state index contributed by atoms with van der Waals surface area (Å²) < 4.78 is 16.6. The minimum Gasteiger partial charge on any atom is -0.493 e. The summed E-state index contributed by atoms with van der Waals surface area (Å²) in [6.07, 6.45) is 1.05. The van der Waals surface area contributed by atoms with Gasteiger partial charge in [0, 0.05) is 0 Å². The van der Waals surface area contributed by atoms with Gasteiger partial charge in [-0.05, 0) is 71.5 Å². The maximum Gasteiger partial charge on any atom is 0.343 e. The standard InChI is InChI=1S/C29H31ClO5/c1-5-20(4)18-33-24-12-10-23(11-13-24)28(31)34-25-14-6-21(7-15-25)22-8-16-26(17-9-22)35-29(32)27(30)19(2)3/h6-17,19-20,27H,5,18H2,1-4H3. The van der Waals surface area contributed by atoms with Gasteiger partial charge in [-0.1, -0.05) is 58.4 Å². The molecule has 3 aromatic rings. The van der Waals surface area contributed by atoms with Crippen molar-refractivity contribution in [3.63, 3.8) is 0 Å². The third-order valence-electron chi connectivity index (χ3n) is 5.60. The van der Waals surface area contributed by atoms with E-state index in [2.05, 4.69) is 13.8 Å². The molecule has 2 unspecified atom stereocenters. The molecule has 3 aromatic carbocycles. The summed E-state index contributed by atoms with van der Waals surface area (Å²) in [7, 11) is 0. The quantitative estimate of drug-likeness (QED) is 0.170. The molecule has 35 heavy (non-hydrogen) atoms. The molecule has 2 atom stereocenters. The normalized spacial score (nSPS) is 12.6. The molecule has 0 radical (unpaired) electrons. The van der Waals surface area contributed by atoms with E-state index in [4.69, 9.17) is 25.8 Å². The molecule has 0 aliphatic carbocycles. The Hall–Kier alpha value is -3.31. The Morgan fingerprint density at radius 3 is 1.71 bits per heavy atom. The van der Waals surface area contributed by atoms with E-state index in [0.29, 0.717) is 29.6 Å². The topological polar surface area (TPSA) is 61.8 Å². The molecule has 0 amide bonds. The smallest absolute Gasteiger partial charge is 0.343 e. The van der Waals surface area contributed by atoms with Crippen molar-refractivity contribution in [3.8, 4) is 28.4 Å². The lowest BCUT2D eigenvalue weighted by Gasteiger charge is -2.12. The molecular formula is C29H31ClO5. The van der Waals surface area contributed by atoms with Gasteiger partial charge in [0.1, 0.15) is 22.6 Å². The third-order valence-corrected chi connectivity index (χ3v) is 6.29. The highest BCUT2D eigenvalue weighted by Crippen LogP contribution is 2.26. The zero-order valence-electron chi connectivity index (χ0n) is 20.5. The van der Waals surface area contributed by atoms with E-state index in [-0.39, 0.29) is 5.92 Å². The molecule has 0 N–H and O–H groups in total. The fourth-order valence-electron chi connectivity index (χ4n) is 3.09. The summed E-state index contributed by atoms with van der Waals surface area (Å²) >= 11 is 6.05. The van der Waals surface area contributed by atoms with Crippen LogP contribution in [-0.4, -0.2) is 23.9 Å². The predicted octanol–water partition coefficient (Wildman–Crippen LogP) is 7.17. The van der Waals surface area contributed by atoms with Gasteiger partial charge in [-0.25, -0.2) is 4.79 Å². The molecule has 0 aliphatic rings. The molecule has 6 heteroatoms. The Balaban J connectivity index is 1.57. The second kappa shape index (κ2) is 12.4. The lowest BCUT2D eigenvalue weighted by molar-refractivity contribution is -0.134. The summed E-state index contributed by atoms with van der Waals surface area (Å²) in [5, 5.41) is -0.689. The molecule has 0 fully saturated rings. The molecule has 0 saturated heterocycles. The van der Waals surface area contributed by atoms with Crippen molar-refractivity contribution in [1.29, 1.82) is 0 Å². The number of esters is 2. The Kier molecular flexibility index (Phi) is 9.32. The first-order chi connectivity index (χ1) is 16.8. The predicted molar refractivity (Wildman–Crippen MR) is 138 cm³/mol. The van der Waals surface area contributed by atoms with E-state index >= 15 is 0 Å². The Morgan fingerprint density at radius 2 is 1.23 bits per heavy atom. The third kappa shape index (κ3) is 7.59. The van der Waals surface area contributed by atoms with E-state index in [9.17, 15) is 9.59 Å². The van der Waals surface area contributed by atoms with Crippen LogP contribution in [-0.2, 0) is 4.79 Å². The first kappa shape index (κ1) is 26.3. The van der Waals surface area contributed by atoms with Crippen LogP contribution in [0.15, 0.2) is 72.8 Å². The van der Waals surface area contributed by atoms with Crippen molar-refractivity contribution < 1.29 is 23.8 Å². The molecular weight excluding hydrogens is 464 g/mol. The number of rotatable bonds is 10. The maximum atomic E-state index is 12.5. The van der Waals surface area contributed by atoms with Gasteiger partial charge in [0.25, 0.3) is 0 Å². The zero-order chi connectivity index (χ0) is 25.4. The van der Waals surface area contributed by atoms with Crippen LogP contribution in [0, 0.1) is 11.8 Å². The van der Waals surface area contributed by atoms with E-state index in [0.717, 1.165) is 23.3 Å². The van der Waals surface area contributed by atoms with Crippen molar-refractivity contribution in [2.45, 2.75) is 39.5 Å². The minimum atomic E-state index is -0.689. The number of carbonyl (C=O) groups is 2. The van der Waals surface area contributed by atoms with Crippen LogP contribution in [0.4, 0.5) is 0 Å². The minimum absolute atomic E-state index is 0.0103. The van der Waals surface area contributed by atoms with Crippen LogP contribution in [0.3, 0.4) is 0 Å². The fraction of sp³-hybridized carbons (Fsp3) is 0.310. The second-order valence-corrected chi connectivity index (χ2v) is 9.32. The molecule has 0 bridgehead atoms. The van der Waals surface area contributed by atoms with Crippen molar-refractivity contribution in [2.24, 2.45) is 11.8 Å². The van der Waals surface area contributed by atoms with Crippen LogP contribution in [0.5, 0.6) is 17.2 Å². The lowest BCUT2D eigenvalue weighted by atomic mass is 10.1. The van der Waals surface area contributed by atoms with Gasteiger partial charge in [-0.2, -0.15) is 0 Å². The van der Waals surface area contributed by atoms with Crippen LogP contribution in [0.25, 0.3) is 11.1 Å². The van der Waals surface area contributed by atoms with Gasteiger partial charge in [-0.15, -0.1) is 11.6 Å². The van der Waals surface area contributed by atoms with Gasteiger partial charge in [0.15, 0.2) is 0 Å². The monoisotopic (exact) mass is 494 g/mol. The Bertz CT molecular complexity index is 1110. The van der Waals surface area contributed by atoms with E-state index < -0.39 is 17.3 Å². The highest BCUT2D eigenvalue weighted by Gasteiger charge is 2.21. The lowest BCUT2D eigenvalue weighted by Crippen LogP contribution is -2.25. The van der Waals surface area contributed by atoms with E-state index in [1.165, 1.54) is 0 Å². The molecule has 3 rings (SSSR count). The van der Waals surface area contributed by atoms with Crippen molar-refractivity contribution in [1.82, 2.24) is 0 Å². The molecule has 184 valence electrons. The number of benzene rings is 3. The van der Waals surface area contributed by atoms with Crippen LogP contribution in [0.2, 0.25) is 0 Å². The number of hydrogen-bond donors (Lipinski definition) is 0. The first-order valence-electron chi connectivity index (χ1n) is 11.8. The molecule has 0 aromatic heterocycles. The van der Waals surface area contributed by atoms with Gasteiger partial charge in [0.2, 0.25) is 0 Å². The van der Waals surface area contributed by atoms with Gasteiger partial charge in [-0.3, -0.25) is 4.79 Å². The van der Waals surface area contributed by atoms with Crippen LogP contribution < -0.4 is 14.2 Å². The highest BCUT2D eigenvalue weighted by atomic mass is 35.5. The first-order valence-corrected chi connectivity index (χ1v) is 12.2. The summed E-state index contributed by atoms with van der Waals surface area (Å²) in [4.78, 5) is 24.5. The van der Waals surface area contributed by atoms with E-state index in [1.54, 1.807) is 48.5 Å². The van der Waals surface area contributed by atoms with E-state index in [1.807, 2.05) is 38.1 Å². The van der Waals surface area contributed by atoms with Crippen molar-refractivity contribution in [2.75, 3.05) is 6.61 Å². The molecule has 0 heterocycles. The van der Waals surface area contributed by atoms with Gasteiger partial charge >= 0.3 is 11.9 Å². The number of alkyl halides is 1. The van der Waals surface area contributed by atoms with Crippen LogP contribution >= 0.6 is 11.6 Å². The van der Waals surface area contributed by atoms with Gasteiger partial charge < -0.3 is 14.2 Å². The molecule has 0 spiro atoms. The average molecular weight is 495 g/mol. The summed E-state index contributed by atoms with van der Waals surface area (Å²) in [5.74, 6) is 1.19. The van der Waals surface area contributed by atoms with Gasteiger partial charge in [0.05, 0.1) is 12.2 Å². The van der Waals surface area contributed by atoms with Crippen molar-refractivity contribution >= 4 is 23.5 Å². The second-order valence-electron chi connectivity index (χ2n) is 8.85. The average Bonchev–Trinajstić information content (AvgIpc) is 2.87. The zero-order valence-corrected chi connectivity index (χ0v) is 21.2. The van der Waals surface area contributed by atoms with Crippen molar-refractivity contribution in [3.05, 3.63) is 78.4 Å². The number of hydrogen-bond acceptors (Lipinski definition) is 5. The number of ether oxygens (including phenoxy) is 3.